The minimum absolute atomic E-state index is 0.0344. The van der Waals surface area contributed by atoms with Crippen molar-refractivity contribution in [2.75, 3.05) is 5.43 Å². The monoisotopic (exact) mass is 485 g/mol. The number of carbonyl (C=O) groups excluding carboxylic acids is 1. The molecule has 0 saturated heterocycles. The first kappa shape index (κ1) is 21.6. The zero-order chi connectivity index (χ0) is 23.2. The minimum Gasteiger partial charge on any atom is -0.298 e. The molecule has 2 aromatic heterocycles. The van der Waals surface area contributed by atoms with E-state index >= 15 is 0 Å². The SMILES string of the molecule is Cc1nn(-c2ccc(F)cc2)c2sc(C(=O)NNc3ccc(S(=O)(=O)NC4CC4)cc3)cc12. The molecular weight excluding hydrogens is 465 g/mol. The maximum atomic E-state index is 13.3. The van der Waals surface area contributed by atoms with E-state index in [4.69, 9.17) is 0 Å². The summed E-state index contributed by atoms with van der Waals surface area (Å²) in [5.74, 6) is -0.672. The Morgan fingerprint density at radius 3 is 2.48 bits per heavy atom. The average molecular weight is 486 g/mol. The van der Waals surface area contributed by atoms with E-state index in [1.807, 2.05) is 6.92 Å². The number of hydrogen-bond donors (Lipinski definition) is 3. The van der Waals surface area contributed by atoms with Gasteiger partial charge in [-0.3, -0.25) is 15.6 Å². The number of rotatable bonds is 7. The zero-order valence-electron chi connectivity index (χ0n) is 17.5. The fraction of sp³-hybridized carbons (Fsp3) is 0.182. The van der Waals surface area contributed by atoms with Crippen molar-refractivity contribution in [3.63, 3.8) is 0 Å². The molecule has 3 N–H and O–H groups in total. The Labute approximate surface area is 193 Å². The number of fused-ring (bicyclic) bond motifs is 1. The summed E-state index contributed by atoms with van der Waals surface area (Å²) >= 11 is 1.27. The van der Waals surface area contributed by atoms with Crippen molar-refractivity contribution >= 4 is 43.2 Å². The number of hydrazine groups is 1. The van der Waals surface area contributed by atoms with Crippen LogP contribution in [0.4, 0.5) is 10.1 Å². The number of sulfonamides is 1. The van der Waals surface area contributed by atoms with Crippen molar-refractivity contribution in [3.05, 3.63) is 71.0 Å². The van der Waals surface area contributed by atoms with E-state index in [0.29, 0.717) is 16.3 Å². The normalized spacial score (nSPS) is 13.9. The van der Waals surface area contributed by atoms with Crippen molar-refractivity contribution in [2.45, 2.75) is 30.7 Å². The standard InChI is InChI=1S/C22H20FN5O3S2/c1-13-19-12-20(32-22(19)28(26-13)17-8-2-14(23)3-9-17)21(29)25-24-15-6-10-18(11-7-15)33(30,31)27-16-4-5-16/h2-3,6-12,16,24,27H,4-5H2,1H3,(H,25,29). The highest BCUT2D eigenvalue weighted by molar-refractivity contribution is 7.89. The van der Waals surface area contributed by atoms with Gasteiger partial charge in [0.05, 0.1) is 26.8 Å². The molecule has 33 heavy (non-hydrogen) atoms. The van der Waals surface area contributed by atoms with E-state index in [2.05, 4.69) is 20.7 Å². The second kappa shape index (κ2) is 8.25. The molecule has 2 aromatic carbocycles. The number of amides is 1. The van der Waals surface area contributed by atoms with Crippen molar-refractivity contribution in [1.82, 2.24) is 19.9 Å². The van der Waals surface area contributed by atoms with Gasteiger partial charge in [-0.15, -0.1) is 11.3 Å². The first-order valence-electron chi connectivity index (χ1n) is 10.2. The first-order valence-corrected chi connectivity index (χ1v) is 12.5. The molecule has 0 unspecified atom stereocenters. The largest absolute Gasteiger partial charge is 0.298 e. The van der Waals surface area contributed by atoms with Crippen molar-refractivity contribution in [2.24, 2.45) is 0 Å². The Balaban J connectivity index is 1.29. The van der Waals surface area contributed by atoms with Crippen LogP contribution in [-0.4, -0.2) is 30.1 Å². The number of thiophene rings is 1. The van der Waals surface area contributed by atoms with Gasteiger partial charge in [-0.05, 0) is 74.4 Å². The van der Waals surface area contributed by atoms with Gasteiger partial charge in [0.25, 0.3) is 5.91 Å². The number of carbonyl (C=O) groups is 1. The van der Waals surface area contributed by atoms with Crippen LogP contribution in [0, 0.1) is 12.7 Å². The quantitative estimate of drug-likeness (QED) is 0.346. The third kappa shape index (κ3) is 4.47. The Morgan fingerprint density at radius 1 is 1.12 bits per heavy atom. The molecule has 5 rings (SSSR count). The molecule has 1 fully saturated rings. The van der Waals surface area contributed by atoms with E-state index in [1.165, 1.54) is 35.6 Å². The Bertz CT molecular complexity index is 1440. The van der Waals surface area contributed by atoms with Crippen LogP contribution in [0.25, 0.3) is 15.9 Å². The number of nitrogens with zero attached hydrogens (tertiary/aromatic N) is 2. The fourth-order valence-corrected chi connectivity index (χ4v) is 5.70. The minimum atomic E-state index is -3.52. The summed E-state index contributed by atoms with van der Waals surface area (Å²) in [6.45, 7) is 1.85. The number of halogens is 1. The van der Waals surface area contributed by atoms with Crippen LogP contribution in [0.15, 0.2) is 59.5 Å². The van der Waals surface area contributed by atoms with E-state index in [-0.39, 0.29) is 22.7 Å². The predicted molar refractivity (Wildman–Crippen MR) is 125 cm³/mol. The average Bonchev–Trinajstić information content (AvgIpc) is 3.39. The number of anilines is 1. The lowest BCUT2D eigenvalue weighted by Crippen LogP contribution is -2.29. The number of benzene rings is 2. The Morgan fingerprint density at radius 2 is 1.82 bits per heavy atom. The van der Waals surface area contributed by atoms with Crippen LogP contribution in [0.2, 0.25) is 0 Å². The van der Waals surface area contributed by atoms with E-state index in [1.54, 1.807) is 35.0 Å². The molecular formula is C22H20FN5O3S2. The summed E-state index contributed by atoms with van der Waals surface area (Å²) in [7, 11) is -3.52. The van der Waals surface area contributed by atoms with Crippen LogP contribution in [0.1, 0.15) is 28.2 Å². The zero-order valence-corrected chi connectivity index (χ0v) is 19.1. The third-order valence-electron chi connectivity index (χ3n) is 5.22. The second-order valence-electron chi connectivity index (χ2n) is 7.80. The summed E-state index contributed by atoms with van der Waals surface area (Å²) in [6, 6.07) is 13.9. The van der Waals surface area contributed by atoms with Crippen LogP contribution in [0.3, 0.4) is 0 Å². The Kier molecular flexibility index (Phi) is 5.39. The van der Waals surface area contributed by atoms with E-state index in [0.717, 1.165) is 28.8 Å². The Hall–Kier alpha value is -3.28. The maximum absolute atomic E-state index is 13.3. The summed E-state index contributed by atoms with van der Waals surface area (Å²) in [4.78, 5) is 14.1. The van der Waals surface area contributed by atoms with Gasteiger partial charge in [0, 0.05) is 11.4 Å². The topological polar surface area (TPSA) is 105 Å². The third-order valence-corrected chi connectivity index (χ3v) is 7.87. The molecule has 170 valence electrons. The fourth-order valence-electron chi connectivity index (χ4n) is 3.31. The van der Waals surface area contributed by atoms with Crippen LogP contribution in [0.5, 0.6) is 0 Å². The highest BCUT2D eigenvalue weighted by Crippen LogP contribution is 2.30. The molecule has 2 heterocycles. The molecule has 4 aromatic rings. The van der Waals surface area contributed by atoms with Gasteiger partial charge in [0.1, 0.15) is 10.6 Å². The lowest BCUT2D eigenvalue weighted by atomic mass is 10.3. The molecule has 1 amide bonds. The summed E-state index contributed by atoms with van der Waals surface area (Å²) in [5, 5.41) is 5.34. The molecule has 0 spiro atoms. The lowest BCUT2D eigenvalue weighted by molar-refractivity contribution is 0.0966. The maximum Gasteiger partial charge on any atom is 0.279 e. The molecule has 0 bridgehead atoms. The number of aromatic nitrogens is 2. The molecule has 1 saturated carbocycles. The van der Waals surface area contributed by atoms with Crippen LogP contribution >= 0.6 is 11.3 Å². The highest BCUT2D eigenvalue weighted by atomic mass is 32.2. The number of hydrogen-bond acceptors (Lipinski definition) is 6. The molecule has 11 heteroatoms. The predicted octanol–water partition coefficient (Wildman–Crippen LogP) is 3.73. The molecule has 0 aliphatic heterocycles. The first-order chi connectivity index (χ1) is 15.8. The van der Waals surface area contributed by atoms with Crippen molar-refractivity contribution in [1.29, 1.82) is 0 Å². The van der Waals surface area contributed by atoms with Crippen molar-refractivity contribution < 1.29 is 17.6 Å². The van der Waals surface area contributed by atoms with Gasteiger partial charge in [0.2, 0.25) is 10.0 Å². The van der Waals surface area contributed by atoms with Gasteiger partial charge >= 0.3 is 0 Å². The van der Waals surface area contributed by atoms with E-state index < -0.39 is 10.0 Å². The van der Waals surface area contributed by atoms with Gasteiger partial charge < -0.3 is 0 Å². The van der Waals surface area contributed by atoms with Crippen LogP contribution < -0.4 is 15.6 Å². The summed E-state index contributed by atoms with van der Waals surface area (Å²) in [6.07, 6.45) is 1.73. The molecule has 8 nitrogen and oxygen atoms in total. The number of aryl methyl sites for hydroxylation is 1. The van der Waals surface area contributed by atoms with Gasteiger partial charge in [0.15, 0.2) is 0 Å². The van der Waals surface area contributed by atoms with Gasteiger partial charge in [-0.25, -0.2) is 22.2 Å². The summed E-state index contributed by atoms with van der Waals surface area (Å²) in [5.41, 5.74) is 7.44. The van der Waals surface area contributed by atoms with Crippen molar-refractivity contribution in [3.8, 4) is 5.69 Å². The smallest absolute Gasteiger partial charge is 0.279 e. The molecule has 0 atom stereocenters. The van der Waals surface area contributed by atoms with Crippen LogP contribution in [-0.2, 0) is 10.0 Å². The van der Waals surface area contributed by atoms with Gasteiger partial charge in [-0.2, -0.15) is 5.10 Å². The number of nitrogens with one attached hydrogen (secondary N) is 3. The van der Waals surface area contributed by atoms with Gasteiger partial charge in [-0.1, -0.05) is 0 Å². The summed E-state index contributed by atoms with van der Waals surface area (Å²) < 4.78 is 42.1. The van der Waals surface area contributed by atoms with E-state index in [9.17, 15) is 17.6 Å². The lowest BCUT2D eigenvalue weighted by Gasteiger charge is -2.09. The second-order valence-corrected chi connectivity index (χ2v) is 10.5. The highest BCUT2D eigenvalue weighted by Gasteiger charge is 2.27. The molecule has 0 radical (unpaired) electrons. The molecule has 1 aliphatic rings. The molecule has 1 aliphatic carbocycles.